The molecule has 0 saturated carbocycles. The molecule has 4 rings (SSSR count). The molecule has 0 bridgehead atoms. The van der Waals surface area contributed by atoms with Crippen LogP contribution in [0.25, 0.3) is 0 Å². The summed E-state index contributed by atoms with van der Waals surface area (Å²) in [6.45, 7) is 2.59. The quantitative estimate of drug-likeness (QED) is 0.713. The third-order valence-corrected chi connectivity index (χ3v) is 6.26. The van der Waals surface area contributed by atoms with Gasteiger partial charge < -0.3 is 10.6 Å². The fraction of sp³-hybridized carbons (Fsp3) is 0.375. The zero-order valence-corrected chi connectivity index (χ0v) is 18.6. The summed E-state index contributed by atoms with van der Waals surface area (Å²) in [5.41, 5.74) is -0.0962. The maximum atomic E-state index is 13.2. The first kappa shape index (κ1) is 23.7. The molecule has 2 heterocycles. The van der Waals surface area contributed by atoms with Gasteiger partial charge in [0, 0.05) is 24.7 Å². The van der Waals surface area contributed by atoms with Crippen LogP contribution in [0.2, 0.25) is 0 Å². The Bertz CT molecular complexity index is 1080. The number of anilines is 2. The van der Waals surface area contributed by atoms with Gasteiger partial charge in [-0.2, -0.15) is 13.2 Å². The van der Waals surface area contributed by atoms with Crippen molar-refractivity contribution >= 4 is 29.1 Å². The van der Waals surface area contributed by atoms with Gasteiger partial charge in [0.2, 0.25) is 11.8 Å². The molecule has 0 aliphatic carbocycles. The first-order valence-corrected chi connectivity index (χ1v) is 11.1. The first-order chi connectivity index (χ1) is 16.1. The number of benzene rings is 2. The molecule has 2 aliphatic rings. The molecule has 2 aliphatic heterocycles. The lowest BCUT2D eigenvalue weighted by molar-refractivity contribution is -0.137. The summed E-state index contributed by atoms with van der Waals surface area (Å²) in [4.78, 5) is 41.0. The van der Waals surface area contributed by atoms with Crippen molar-refractivity contribution in [2.75, 3.05) is 29.9 Å². The number of hydrogen-bond acceptors (Lipinski definition) is 4. The van der Waals surface area contributed by atoms with Crippen LogP contribution in [0.5, 0.6) is 0 Å². The number of nitrogens with zero attached hydrogens (tertiary/aromatic N) is 2. The maximum absolute atomic E-state index is 13.2. The number of amides is 3. The van der Waals surface area contributed by atoms with Crippen molar-refractivity contribution in [3.05, 3.63) is 59.7 Å². The Balaban J connectivity index is 1.40. The molecule has 3 amide bonds. The van der Waals surface area contributed by atoms with Gasteiger partial charge in [0.15, 0.2) is 0 Å². The second kappa shape index (κ2) is 9.46. The number of carbonyl (C=O) groups excluding carboxylic acids is 3. The van der Waals surface area contributed by atoms with Gasteiger partial charge in [0.1, 0.15) is 6.54 Å². The topological polar surface area (TPSA) is 81.8 Å². The van der Waals surface area contributed by atoms with Gasteiger partial charge in [-0.15, -0.1) is 0 Å². The molecule has 0 radical (unpaired) electrons. The number of rotatable bonds is 4. The van der Waals surface area contributed by atoms with E-state index < -0.39 is 23.7 Å². The van der Waals surface area contributed by atoms with Crippen LogP contribution in [0.4, 0.5) is 24.5 Å². The molecule has 2 N–H and O–H groups in total. The van der Waals surface area contributed by atoms with E-state index in [4.69, 9.17) is 0 Å². The van der Waals surface area contributed by atoms with Gasteiger partial charge in [0.25, 0.3) is 5.91 Å². The van der Waals surface area contributed by atoms with E-state index in [0.29, 0.717) is 31.5 Å². The molecule has 34 heavy (non-hydrogen) atoms. The number of alkyl halides is 3. The van der Waals surface area contributed by atoms with Crippen LogP contribution in [-0.2, 0) is 15.8 Å². The molecule has 0 spiro atoms. The van der Waals surface area contributed by atoms with Gasteiger partial charge in [-0.05, 0) is 50.1 Å². The molecule has 10 heteroatoms. The minimum Gasteiger partial charge on any atom is -0.349 e. The van der Waals surface area contributed by atoms with E-state index in [1.165, 1.54) is 11.0 Å². The molecule has 1 saturated heterocycles. The Kier molecular flexibility index (Phi) is 6.60. The van der Waals surface area contributed by atoms with Crippen LogP contribution >= 0.6 is 0 Å². The Morgan fingerprint density at radius 2 is 1.76 bits per heavy atom. The number of likely N-dealkylation sites (tertiary alicyclic amines) is 1. The zero-order valence-electron chi connectivity index (χ0n) is 18.6. The van der Waals surface area contributed by atoms with Crippen molar-refractivity contribution in [1.82, 2.24) is 10.2 Å². The van der Waals surface area contributed by atoms with Gasteiger partial charge in [-0.25, -0.2) is 0 Å². The van der Waals surface area contributed by atoms with Crippen molar-refractivity contribution in [3.8, 4) is 0 Å². The van der Waals surface area contributed by atoms with Crippen molar-refractivity contribution in [1.29, 1.82) is 0 Å². The fourth-order valence-electron chi connectivity index (χ4n) is 4.33. The van der Waals surface area contributed by atoms with Crippen LogP contribution in [0.1, 0.15) is 35.7 Å². The second-order valence-corrected chi connectivity index (χ2v) is 8.53. The minimum absolute atomic E-state index is 0.0199. The predicted molar refractivity (Wildman–Crippen MR) is 120 cm³/mol. The highest BCUT2D eigenvalue weighted by Gasteiger charge is 2.36. The predicted octanol–water partition coefficient (Wildman–Crippen LogP) is 3.27. The third-order valence-electron chi connectivity index (χ3n) is 6.26. The van der Waals surface area contributed by atoms with Crippen molar-refractivity contribution in [2.24, 2.45) is 0 Å². The second-order valence-electron chi connectivity index (χ2n) is 8.53. The van der Waals surface area contributed by atoms with E-state index in [0.717, 1.165) is 12.1 Å². The highest BCUT2D eigenvalue weighted by atomic mass is 19.4. The summed E-state index contributed by atoms with van der Waals surface area (Å²) >= 11 is 0. The molecule has 0 aromatic heterocycles. The molecular weight excluding hydrogens is 449 g/mol. The monoisotopic (exact) mass is 474 g/mol. The number of piperidine rings is 1. The molecule has 180 valence electrons. The van der Waals surface area contributed by atoms with Crippen LogP contribution in [0, 0.1) is 0 Å². The summed E-state index contributed by atoms with van der Waals surface area (Å²) < 4.78 is 39.2. The fourth-order valence-corrected chi connectivity index (χ4v) is 4.33. The standard InChI is InChI=1S/C24H25F3N4O3/c1-15(30-11-9-18(10-12-30)28-22(33)16-5-3-2-4-6-16)23(34)31-14-21(32)29-19-13-17(24(25,26)27)7-8-20(19)31/h2-8,13,15,18H,9-12,14H2,1H3,(H,28,33)(H,29,32)/t15-/m0/s1. The molecule has 7 nitrogen and oxygen atoms in total. The maximum Gasteiger partial charge on any atom is 0.416 e. The average Bonchev–Trinajstić information content (AvgIpc) is 2.82. The summed E-state index contributed by atoms with van der Waals surface area (Å²) in [5, 5.41) is 5.44. The van der Waals surface area contributed by atoms with Crippen LogP contribution in [0.15, 0.2) is 48.5 Å². The number of hydrogen-bond donors (Lipinski definition) is 2. The number of nitrogens with one attached hydrogen (secondary N) is 2. The van der Waals surface area contributed by atoms with E-state index >= 15 is 0 Å². The summed E-state index contributed by atoms with van der Waals surface area (Å²) in [5.74, 6) is -1.05. The molecule has 2 aromatic carbocycles. The minimum atomic E-state index is -4.56. The Labute approximate surface area is 194 Å². The highest BCUT2D eigenvalue weighted by molar-refractivity contribution is 6.11. The van der Waals surface area contributed by atoms with Crippen LogP contribution in [-0.4, -0.2) is 54.3 Å². The molecule has 1 fully saturated rings. The third kappa shape index (κ3) is 5.06. The zero-order chi connectivity index (χ0) is 24.5. The lowest BCUT2D eigenvalue weighted by atomic mass is 10.0. The molecule has 2 aromatic rings. The molecular formula is C24H25F3N4O3. The Morgan fingerprint density at radius 1 is 1.09 bits per heavy atom. The van der Waals surface area contributed by atoms with E-state index in [9.17, 15) is 27.6 Å². The van der Waals surface area contributed by atoms with E-state index in [2.05, 4.69) is 10.6 Å². The van der Waals surface area contributed by atoms with Crippen LogP contribution < -0.4 is 15.5 Å². The first-order valence-electron chi connectivity index (χ1n) is 11.1. The Morgan fingerprint density at radius 3 is 2.41 bits per heavy atom. The number of carbonyl (C=O) groups is 3. The van der Waals surface area contributed by atoms with Gasteiger partial charge in [-0.1, -0.05) is 18.2 Å². The van der Waals surface area contributed by atoms with Gasteiger partial charge >= 0.3 is 6.18 Å². The lowest BCUT2D eigenvalue weighted by Gasteiger charge is -2.38. The van der Waals surface area contributed by atoms with Crippen molar-refractivity contribution < 1.29 is 27.6 Å². The highest BCUT2D eigenvalue weighted by Crippen LogP contribution is 2.37. The van der Waals surface area contributed by atoms with Crippen molar-refractivity contribution in [2.45, 2.75) is 38.0 Å². The average molecular weight is 474 g/mol. The Hall–Kier alpha value is -3.40. The van der Waals surface area contributed by atoms with Crippen molar-refractivity contribution in [3.63, 3.8) is 0 Å². The molecule has 1 atom stereocenters. The summed E-state index contributed by atoms with van der Waals surface area (Å²) in [6.07, 6.45) is -3.25. The SMILES string of the molecule is C[C@@H](C(=O)N1CC(=O)Nc2cc(C(F)(F)F)ccc21)N1CCC(NC(=O)c2ccccc2)CC1. The number of halogens is 3. The van der Waals surface area contributed by atoms with E-state index in [1.807, 2.05) is 11.0 Å². The summed E-state index contributed by atoms with van der Waals surface area (Å²) in [6, 6.07) is 11.3. The van der Waals surface area contributed by atoms with Crippen LogP contribution in [0.3, 0.4) is 0 Å². The smallest absolute Gasteiger partial charge is 0.349 e. The van der Waals surface area contributed by atoms with E-state index in [-0.39, 0.29) is 35.8 Å². The normalized spacial score (nSPS) is 18.1. The van der Waals surface area contributed by atoms with Gasteiger partial charge in [-0.3, -0.25) is 24.2 Å². The molecule has 0 unspecified atom stereocenters. The number of fused-ring (bicyclic) bond motifs is 1. The lowest BCUT2D eigenvalue weighted by Crippen LogP contribution is -2.54. The van der Waals surface area contributed by atoms with E-state index in [1.54, 1.807) is 31.2 Å². The van der Waals surface area contributed by atoms with Gasteiger partial charge in [0.05, 0.1) is 23.0 Å². The summed E-state index contributed by atoms with van der Waals surface area (Å²) in [7, 11) is 0. The largest absolute Gasteiger partial charge is 0.416 e.